The van der Waals surface area contributed by atoms with Crippen LogP contribution in [0.5, 0.6) is 0 Å². The fraction of sp³-hybridized carbons (Fsp3) is 0.412. The molecule has 0 aliphatic heterocycles. The fourth-order valence-electron chi connectivity index (χ4n) is 2.41. The highest BCUT2D eigenvalue weighted by atomic mass is 35.5. The van der Waals surface area contributed by atoms with Crippen molar-refractivity contribution in [2.75, 3.05) is 13.1 Å². The molecule has 132 valence electrons. The molecular weight excluding hydrogens is 349 g/mol. The van der Waals surface area contributed by atoms with Gasteiger partial charge in [-0.15, -0.1) is 12.4 Å². The van der Waals surface area contributed by atoms with Crippen molar-refractivity contribution >= 4 is 29.9 Å². The molecule has 0 aliphatic carbocycles. The molecule has 7 heteroatoms. The number of aromatic nitrogens is 1. The number of amides is 1. The lowest BCUT2D eigenvalue weighted by atomic mass is 10.1. The summed E-state index contributed by atoms with van der Waals surface area (Å²) in [5.74, 6) is 0.0824. The third-order valence-electron chi connectivity index (χ3n) is 3.73. The first-order valence-electron chi connectivity index (χ1n) is 7.74. The lowest BCUT2D eigenvalue weighted by Gasteiger charge is -2.22. The Morgan fingerprint density at radius 2 is 2.04 bits per heavy atom. The van der Waals surface area contributed by atoms with Gasteiger partial charge in [0.05, 0.1) is 5.69 Å². The quantitative estimate of drug-likeness (QED) is 0.771. The predicted molar refractivity (Wildman–Crippen MR) is 97.3 cm³/mol. The van der Waals surface area contributed by atoms with E-state index in [1.54, 1.807) is 0 Å². The van der Waals surface area contributed by atoms with Gasteiger partial charge in [-0.1, -0.05) is 35.5 Å². The molecule has 0 aliphatic rings. The second-order valence-electron chi connectivity index (χ2n) is 5.46. The van der Waals surface area contributed by atoms with Gasteiger partial charge in [0.15, 0.2) is 0 Å². The zero-order chi connectivity index (χ0) is 16.7. The van der Waals surface area contributed by atoms with Crippen molar-refractivity contribution in [1.82, 2.24) is 10.1 Å². The Balaban J connectivity index is 0.00000288. The highest BCUT2D eigenvalue weighted by Gasteiger charge is 2.17. The Hall–Kier alpha value is -1.56. The molecule has 0 bridgehead atoms. The number of carbonyl (C=O) groups is 1. The Morgan fingerprint density at radius 3 is 2.62 bits per heavy atom. The topological polar surface area (TPSA) is 72.4 Å². The van der Waals surface area contributed by atoms with Crippen molar-refractivity contribution in [3.8, 4) is 0 Å². The summed E-state index contributed by atoms with van der Waals surface area (Å²) in [6.45, 7) is 3.64. The summed E-state index contributed by atoms with van der Waals surface area (Å²) < 4.78 is 4.92. The molecule has 0 saturated heterocycles. The largest absolute Gasteiger partial charge is 0.344 e. The van der Waals surface area contributed by atoms with Crippen LogP contribution in [0.2, 0.25) is 5.22 Å². The standard InChI is InChI=1S/C17H22ClN3O2.ClH/c1-13-15(17(18)23-20-13)8-9-16(22)21(11-5-10-19)12-14-6-3-2-4-7-14;/h2-4,6-7H,5,8-12,19H2,1H3;1H. The molecule has 1 amide bonds. The number of hydrogen-bond donors (Lipinski definition) is 1. The van der Waals surface area contributed by atoms with Crippen LogP contribution in [0.4, 0.5) is 0 Å². The summed E-state index contributed by atoms with van der Waals surface area (Å²) in [5.41, 5.74) is 8.23. The Kier molecular flexibility index (Phi) is 8.82. The maximum Gasteiger partial charge on any atom is 0.229 e. The second-order valence-corrected chi connectivity index (χ2v) is 5.81. The minimum Gasteiger partial charge on any atom is -0.344 e. The molecule has 2 aromatic rings. The van der Waals surface area contributed by atoms with Crippen molar-refractivity contribution < 1.29 is 9.32 Å². The summed E-state index contributed by atoms with van der Waals surface area (Å²) in [4.78, 5) is 14.4. The molecule has 1 aromatic heterocycles. The number of aryl methyl sites for hydroxylation is 1. The highest BCUT2D eigenvalue weighted by Crippen LogP contribution is 2.21. The van der Waals surface area contributed by atoms with Gasteiger partial charge >= 0.3 is 0 Å². The first kappa shape index (κ1) is 20.5. The lowest BCUT2D eigenvalue weighted by Crippen LogP contribution is -2.32. The number of halogens is 2. The third-order valence-corrected chi connectivity index (χ3v) is 4.02. The summed E-state index contributed by atoms with van der Waals surface area (Å²) in [6, 6.07) is 9.95. The molecule has 0 unspecified atom stereocenters. The maximum absolute atomic E-state index is 12.6. The summed E-state index contributed by atoms with van der Waals surface area (Å²) in [5, 5.41) is 4.08. The summed E-state index contributed by atoms with van der Waals surface area (Å²) in [6.07, 6.45) is 1.69. The van der Waals surface area contributed by atoms with Crippen molar-refractivity contribution in [3.05, 3.63) is 52.4 Å². The minimum atomic E-state index is 0. The normalized spacial score (nSPS) is 10.3. The Morgan fingerprint density at radius 1 is 1.33 bits per heavy atom. The fourth-order valence-corrected chi connectivity index (χ4v) is 2.67. The van der Waals surface area contributed by atoms with Crippen LogP contribution in [0.3, 0.4) is 0 Å². The van der Waals surface area contributed by atoms with Crippen LogP contribution in [0.25, 0.3) is 0 Å². The molecule has 1 heterocycles. The van der Waals surface area contributed by atoms with Gasteiger partial charge in [0.25, 0.3) is 0 Å². The van der Waals surface area contributed by atoms with Gasteiger partial charge in [0.1, 0.15) is 0 Å². The molecule has 2 rings (SSSR count). The number of benzene rings is 1. The van der Waals surface area contributed by atoms with Crippen LogP contribution in [0.1, 0.15) is 29.7 Å². The van der Waals surface area contributed by atoms with E-state index in [2.05, 4.69) is 5.16 Å². The zero-order valence-electron chi connectivity index (χ0n) is 13.7. The highest BCUT2D eigenvalue weighted by molar-refractivity contribution is 6.29. The van der Waals surface area contributed by atoms with E-state index < -0.39 is 0 Å². The minimum absolute atomic E-state index is 0. The molecule has 0 spiro atoms. The number of nitrogens with zero attached hydrogens (tertiary/aromatic N) is 2. The van der Waals surface area contributed by atoms with Crippen LogP contribution in [-0.2, 0) is 17.8 Å². The number of nitrogens with two attached hydrogens (primary N) is 1. The Labute approximate surface area is 153 Å². The van der Waals surface area contributed by atoms with E-state index in [0.29, 0.717) is 32.5 Å². The second kappa shape index (κ2) is 10.3. The van der Waals surface area contributed by atoms with E-state index in [9.17, 15) is 4.79 Å². The van der Waals surface area contributed by atoms with Crippen molar-refractivity contribution in [2.45, 2.75) is 32.7 Å². The molecular formula is C17H23Cl2N3O2. The molecule has 1 aromatic carbocycles. The first-order chi connectivity index (χ1) is 11.1. The van der Waals surface area contributed by atoms with E-state index in [0.717, 1.165) is 23.2 Å². The number of rotatable bonds is 8. The SMILES string of the molecule is Cc1noc(Cl)c1CCC(=O)N(CCCN)Cc1ccccc1.Cl. The van der Waals surface area contributed by atoms with E-state index in [4.69, 9.17) is 21.9 Å². The Bertz CT molecular complexity index is 613. The van der Waals surface area contributed by atoms with Crippen molar-refractivity contribution in [3.63, 3.8) is 0 Å². The van der Waals surface area contributed by atoms with E-state index >= 15 is 0 Å². The number of hydrogen-bond acceptors (Lipinski definition) is 4. The first-order valence-corrected chi connectivity index (χ1v) is 8.12. The predicted octanol–water partition coefficient (Wildman–Crippen LogP) is 3.37. The summed E-state index contributed by atoms with van der Waals surface area (Å²) in [7, 11) is 0. The van der Waals surface area contributed by atoms with E-state index in [1.165, 1.54) is 0 Å². The van der Waals surface area contributed by atoms with Gasteiger partial charge in [-0.3, -0.25) is 4.79 Å². The third kappa shape index (κ3) is 5.82. The number of carbonyl (C=O) groups excluding carboxylic acids is 1. The lowest BCUT2D eigenvalue weighted by molar-refractivity contribution is -0.131. The smallest absolute Gasteiger partial charge is 0.229 e. The van der Waals surface area contributed by atoms with Crippen LogP contribution < -0.4 is 5.73 Å². The van der Waals surface area contributed by atoms with Crippen molar-refractivity contribution in [2.24, 2.45) is 5.73 Å². The van der Waals surface area contributed by atoms with Crippen molar-refractivity contribution in [1.29, 1.82) is 0 Å². The van der Waals surface area contributed by atoms with Crippen LogP contribution in [-0.4, -0.2) is 29.1 Å². The molecule has 0 fully saturated rings. The molecule has 24 heavy (non-hydrogen) atoms. The molecule has 0 atom stereocenters. The van der Waals surface area contributed by atoms with E-state index in [-0.39, 0.29) is 23.5 Å². The van der Waals surface area contributed by atoms with Gasteiger partial charge in [-0.05, 0) is 43.5 Å². The van der Waals surface area contributed by atoms with Crippen LogP contribution in [0.15, 0.2) is 34.9 Å². The molecule has 0 saturated carbocycles. The molecule has 2 N–H and O–H groups in total. The average Bonchev–Trinajstić information content (AvgIpc) is 2.88. The zero-order valence-corrected chi connectivity index (χ0v) is 15.3. The van der Waals surface area contributed by atoms with Gasteiger partial charge in [0.2, 0.25) is 11.1 Å². The molecule has 0 radical (unpaired) electrons. The monoisotopic (exact) mass is 371 g/mol. The molecule has 5 nitrogen and oxygen atoms in total. The van der Waals surface area contributed by atoms with E-state index in [1.807, 2.05) is 42.2 Å². The van der Waals surface area contributed by atoms with Gasteiger partial charge in [-0.25, -0.2) is 0 Å². The van der Waals surface area contributed by atoms with Gasteiger partial charge in [-0.2, -0.15) is 0 Å². The van der Waals surface area contributed by atoms with Gasteiger partial charge < -0.3 is 15.2 Å². The maximum atomic E-state index is 12.6. The van der Waals surface area contributed by atoms with Gasteiger partial charge in [0, 0.05) is 25.1 Å². The van der Waals surface area contributed by atoms with Crippen LogP contribution in [0, 0.1) is 6.92 Å². The summed E-state index contributed by atoms with van der Waals surface area (Å²) >= 11 is 5.95. The average molecular weight is 372 g/mol. The van der Waals surface area contributed by atoms with Crippen LogP contribution >= 0.6 is 24.0 Å².